The minimum atomic E-state index is 0.900. The molecule has 0 bridgehead atoms. The number of fused-ring (bicyclic) bond motifs is 10. The van der Waals surface area contributed by atoms with E-state index >= 15 is 0 Å². The number of hydrogen-bond acceptors (Lipinski definition) is 1. The van der Waals surface area contributed by atoms with Gasteiger partial charge in [-0.05, 0) is 68.1 Å². The third kappa shape index (κ3) is 4.38. The molecule has 0 aliphatic rings. The molecule has 0 N–H and O–H groups in total. The maximum Gasteiger partial charge on any atom is 0.138 e. The Hall–Kier alpha value is -6.51. The first-order valence-corrected chi connectivity index (χ1v) is 16.8. The third-order valence-electron chi connectivity index (χ3n) is 9.94. The lowest BCUT2D eigenvalue weighted by Gasteiger charge is -2.15. The van der Waals surface area contributed by atoms with Crippen molar-refractivity contribution in [1.29, 1.82) is 0 Å². The number of hydrogen-bond donors (Lipinski definition) is 0. The van der Waals surface area contributed by atoms with Gasteiger partial charge in [0, 0.05) is 27.1 Å². The normalized spacial score (nSPS) is 11.7. The fraction of sp³-hybridized carbons (Fsp3) is 0. The van der Waals surface area contributed by atoms with E-state index in [9.17, 15) is 0 Å². The monoisotopic (exact) mass is 622 g/mol. The predicted molar refractivity (Wildman–Crippen MR) is 207 cm³/mol. The van der Waals surface area contributed by atoms with Gasteiger partial charge in [-0.1, -0.05) is 158 Å². The van der Waals surface area contributed by atoms with Crippen molar-refractivity contribution in [1.82, 2.24) is 9.55 Å². The van der Waals surface area contributed by atoms with Gasteiger partial charge in [-0.15, -0.1) is 0 Å². The van der Waals surface area contributed by atoms with Crippen LogP contribution in [0, 0.1) is 0 Å². The summed E-state index contributed by atoms with van der Waals surface area (Å²) in [6, 6.07) is 65.5. The molecule has 8 aromatic carbocycles. The number of para-hydroxylation sites is 1. The van der Waals surface area contributed by atoms with Gasteiger partial charge in [0.1, 0.15) is 5.82 Å². The smallest absolute Gasteiger partial charge is 0.138 e. The second-order valence-electron chi connectivity index (χ2n) is 12.7. The lowest BCUT2D eigenvalue weighted by molar-refractivity contribution is 1.09. The van der Waals surface area contributed by atoms with Gasteiger partial charge >= 0.3 is 0 Å². The zero-order valence-electron chi connectivity index (χ0n) is 26.7. The molecule has 0 radical (unpaired) electrons. The molecule has 2 aromatic heterocycles. The van der Waals surface area contributed by atoms with Crippen LogP contribution in [0.4, 0.5) is 0 Å². The zero-order valence-corrected chi connectivity index (χ0v) is 26.7. The van der Waals surface area contributed by atoms with E-state index in [4.69, 9.17) is 4.98 Å². The second kappa shape index (κ2) is 11.0. The van der Waals surface area contributed by atoms with Crippen LogP contribution >= 0.6 is 0 Å². The van der Waals surface area contributed by atoms with Crippen molar-refractivity contribution in [2.75, 3.05) is 0 Å². The first-order valence-electron chi connectivity index (χ1n) is 16.8. The van der Waals surface area contributed by atoms with E-state index in [0.29, 0.717) is 0 Å². The Labute approximate surface area is 284 Å². The van der Waals surface area contributed by atoms with Crippen molar-refractivity contribution in [2.45, 2.75) is 0 Å². The molecule has 2 heteroatoms. The van der Waals surface area contributed by atoms with E-state index in [1.165, 1.54) is 59.7 Å². The summed E-state index contributed by atoms with van der Waals surface area (Å²) in [7, 11) is 0. The van der Waals surface area contributed by atoms with Crippen molar-refractivity contribution < 1.29 is 0 Å². The summed E-state index contributed by atoms with van der Waals surface area (Å²) in [6.07, 6.45) is 0. The first kappa shape index (κ1) is 27.6. The van der Waals surface area contributed by atoms with Crippen LogP contribution in [0.15, 0.2) is 182 Å². The molecule has 0 saturated carbocycles. The number of aromatic nitrogens is 2. The van der Waals surface area contributed by atoms with Crippen molar-refractivity contribution in [3.8, 4) is 39.3 Å². The summed E-state index contributed by atoms with van der Waals surface area (Å²) in [6.45, 7) is 0. The van der Waals surface area contributed by atoms with Crippen molar-refractivity contribution >= 4 is 54.1 Å². The summed E-state index contributed by atoms with van der Waals surface area (Å²) in [4.78, 5) is 5.52. The summed E-state index contributed by atoms with van der Waals surface area (Å²) < 4.78 is 2.41. The Morgan fingerprint density at radius 2 is 0.959 bits per heavy atom. The largest absolute Gasteiger partial charge is 0.293 e. The minimum Gasteiger partial charge on any atom is -0.293 e. The molecule has 0 saturated heterocycles. The fourth-order valence-corrected chi connectivity index (χ4v) is 7.74. The third-order valence-corrected chi connectivity index (χ3v) is 9.94. The SMILES string of the molecule is c1ccc(-c2cccc(-c3cc(-c4ccccc4)cc(-n4c5ccccc5c5c6c7ccccc7ccc6c6ccccc6c54)n3)c2)cc1. The zero-order chi connectivity index (χ0) is 32.3. The van der Waals surface area contributed by atoms with Gasteiger partial charge < -0.3 is 0 Å². The molecule has 10 rings (SSSR count). The summed E-state index contributed by atoms with van der Waals surface area (Å²) in [5, 5.41) is 10.0. The maximum atomic E-state index is 5.52. The average Bonchev–Trinajstić information content (AvgIpc) is 3.54. The Bertz CT molecular complexity index is 2860. The van der Waals surface area contributed by atoms with Crippen LogP contribution in [0.1, 0.15) is 0 Å². The van der Waals surface area contributed by atoms with E-state index in [2.05, 4.69) is 187 Å². The number of benzene rings is 8. The van der Waals surface area contributed by atoms with Gasteiger partial charge in [0.25, 0.3) is 0 Å². The molecular weight excluding hydrogens is 593 g/mol. The highest BCUT2D eigenvalue weighted by Gasteiger charge is 2.21. The topological polar surface area (TPSA) is 17.8 Å². The first-order chi connectivity index (χ1) is 24.3. The van der Waals surface area contributed by atoms with Gasteiger partial charge in [0.2, 0.25) is 0 Å². The van der Waals surface area contributed by atoms with Crippen molar-refractivity contribution in [3.63, 3.8) is 0 Å². The maximum absolute atomic E-state index is 5.52. The van der Waals surface area contributed by atoms with Gasteiger partial charge in [-0.3, -0.25) is 4.57 Å². The lowest BCUT2D eigenvalue weighted by Crippen LogP contribution is -2.01. The molecule has 0 aliphatic heterocycles. The molecule has 2 heterocycles. The molecule has 0 spiro atoms. The molecule has 49 heavy (non-hydrogen) atoms. The predicted octanol–water partition coefficient (Wildman–Crippen LogP) is 12.6. The molecular formula is C47H30N2. The quantitative estimate of drug-likeness (QED) is 0.179. The molecule has 0 fully saturated rings. The molecule has 0 aliphatic carbocycles. The highest BCUT2D eigenvalue weighted by Crippen LogP contribution is 2.45. The van der Waals surface area contributed by atoms with Crippen LogP contribution in [-0.4, -0.2) is 9.55 Å². The number of nitrogens with zero attached hydrogens (tertiary/aromatic N) is 2. The van der Waals surface area contributed by atoms with E-state index in [1.807, 2.05) is 0 Å². The van der Waals surface area contributed by atoms with Gasteiger partial charge in [0.15, 0.2) is 0 Å². The average molecular weight is 623 g/mol. The van der Waals surface area contributed by atoms with Gasteiger partial charge in [0.05, 0.1) is 16.7 Å². The van der Waals surface area contributed by atoms with Crippen molar-refractivity contribution in [2.24, 2.45) is 0 Å². The Morgan fingerprint density at radius 3 is 1.76 bits per heavy atom. The molecule has 0 unspecified atom stereocenters. The van der Waals surface area contributed by atoms with Crippen molar-refractivity contribution in [3.05, 3.63) is 182 Å². The summed E-state index contributed by atoms with van der Waals surface area (Å²) in [5.41, 5.74) is 9.01. The van der Waals surface area contributed by atoms with Gasteiger partial charge in [-0.2, -0.15) is 0 Å². The summed E-state index contributed by atoms with van der Waals surface area (Å²) >= 11 is 0. The number of rotatable bonds is 4. The Kier molecular flexibility index (Phi) is 6.22. The van der Waals surface area contributed by atoms with Crippen LogP contribution < -0.4 is 0 Å². The van der Waals surface area contributed by atoms with E-state index in [-0.39, 0.29) is 0 Å². The van der Waals surface area contributed by atoms with Gasteiger partial charge in [-0.25, -0.2) is 4.98 Å². The van der Waals surface area contributed by atoms with E-state index in [0.717, 1.165) is 33.7 Å². The minimum absolute atomic E-state index is 0.900. The molecule has 228 valence electrons. The second-order valence-corrected chi connectivity index (χ2v) is 12.7. The molecule has 10 aromatic rings. The molecule has 2 nitrogen and oxygen atoms in total. The van der Waals surface area contributed by atoms with E-state index in [1.54, 1.807) is 0 Å². The van der Waals surface area contributed by atoms with Crippen LogP contribution in [0.5, 0.6) is 0 Å². The van der Waals surface area contributed by atoms with E-state index < -0.39 is 0 Å². The molecule has 0 amide bonds. The highest BCUT2D eigenvalue weighted by molar-refractivity contribution is 6.36. The lowest BCUT2D eigenvalue weighted by atomic mass is 9.93. The van der Waals surface area contributed by atoms with Crippen LogP contribution in [-0.2, 0) is 0 Å². The van der Waals surface area contributed by atoms with Crippen LogP contribution in [0.25, 0.3) is 93.5 Å². The molecule has 0 atom stereocenters. The standard InChI is InChI=1S/C47H30N2/c1-3-14-31(15-4-1)34-19-13-20-35(28-34)42-29-36(32-16-5-2-6-17-32)30-44(48-42)49-43-25-12-11-24-41(43)46-45-37-21-8-7-18-33(37)26-27-39(45)38-22-9-10-23-40(38)47(46)49/h1-30H. The van der Waals surface area contributed by atoms with Crippen LogP contribution in [0.3, 0.4) is 0 Å². The summed E-state index contributed by atoms with van der Waals surface area (Å²) in [5.74, 6) is 0.900. The fourth-order valence-electron chi connectivity index (χ4n) is 7.74. The Morgan fingerprint density at radius 1 is 0.347 bits per heavy atom. The highest BCUT2D eigenvalue weighted by atomic mass is 15.1. The Balaban J connectivity index is 1.35. The van der Waals surface area contributed by atoms with Crippen LogP contribution in [0.2, 0.25) is 0 Å². The number of pyridine rings is 1.